The van der Waals surface area contributed by atoms with Gasteiger partial charge in [0, 0.05) is 49.7 Å². The van der Waals surface area contributed by atoms with Crippen LogP contribution in [0.2, 0.25) is 5.02 Å². The van der Waals surface area contributed by atoms with Gasteiger partial charge in [0.1, 0.15) is 0 Å². The molecule has 162 valence electrons. The lowest BCUT2D eigenvalue weighted by Crippen LogP contribution is -2.30. The predicted molar refractivity (Wildman–Crippen MR) is 119 cm³/mol. The largest absolute Gasteiger partial charge is 0.371 e. The molecule has 0 atom stereocenters. The lowest BCUT2D eigenvalue weighted by molar-refractivity contribution is -0.384. The molecule has 2 aliphatic rings. The summed E-state index contributed by atoms with van der Waals surface area (Å²) < 4.78 is 0. The summed E-state index contributed by atoms with van der Waals surface area (Å²) in [6.45, 7) is 3.30. The van der Waals surface area contributed by atoms with Crippen molar-refractivity contribution in [1.29, 1.82) is 0 Å². The fraction of sp³-hybridized carbons (Fsp3) is 0.364. The average Bonchev–Trinajstić information content (AvgIpc) is 3.47. The van der Waals surface area contributed by atoms with Gasteiger partial charge in [-0.15, -0.1) is 0 Å². The van der Waals surface area contributed by atoms with E-state index in [1.54, 1.807) is 12.1 Å². The van der Waals surface area contributed by atoms with Crippen LogP contribution in [0.15, 0.2) is 36.4 Å². The van der Waals surface area contributed by atoms with E-state index in [9.17, 15) is 19.7 Å². The number of amides is 2. The summed E-state index contributed by atoms with van der Waals surface area (Å²) in [7, 11) is 0. The Morgan fingerprint density at radius 1 is 0.935 bits per heavy atom. The molecule has 2 fully saturated rings. The fourth-order valence-electron chi connectivity index (χ4n) is 4.11. The van der Waals surface area contributed by atoms with Gasteiger partial charge in [-0.25, -0.2) is 0 Å². The first kappa shape index (κ1) is 21.1. The number of likely N-dealkylation sites (tertiary alicyclic amines) is 1. The smallest absolute Gasteiger partial charge is 0.270 e. The van der Waals surface area contributed by atoms with E-state index in [2.05, 4.69) is 10.2 Å². The number of hydrogen-bond acceptors (Lipinski definition) is 5. The van der Waals surface area contributed by atoms with Crippen LogP contribution in [0, 0.1) is 10.1 Å². The number of nitrogens with zero attached hydrogens (tertiary/aromatic N) is 3. The van der Waals surface area contributed by atoms with Gasteiger partial charge in [-0.3, -0.25) is 19.7 Å². The van der Waals surface area contributed by atoms with Crippen molar-refractivity contribution in [3.05, 3.63) is 62.7 Å². The molecule has 2 amide bonds. The van der Waals surface area contributed by atoms with Crippen molar-refractivity contribution in [2.45, 2.75) is 25.7 Å². The quantitative estimate of drug-likeness (QED) is 0.549. The van der Waals surface area contributed by atoms with Gasteiger partial charge in [-0.05, 0) is 49.9 Å². The molecule has 0 saturated carbocycles. The molecule has 4 rings (SSSR count). The first-order valence-electron chi connectivity index (χ1n) is 10.4. The normalized spacial score (nSPS) is 15.9. The Labute approximate surface area is 184 Å². The van der Waals surface area contributed by atoms with Crippen LogP contribution in [0.3, 0.4) is 0 Å². The number of carbonyl (C=O) groups is 2. The van der Waals surface area contributed by atoms with Crippen LogP contribution in [0.4, 0.5) is 17.1 Å². The Hall–Kier alpha value is -3.13. The van der Waals surface area contributed by atoms with Gasteiger partial charge < -0.3 is 15.1 Å². The number of nitrogens with one attached hydrogen (secondary N) is 1. The third-order valence-corrected chi connectivity index (χ3v) is 6.05. The molecule has 9 heteroatoms. The van der Waals surface area contributed by atoms with Crippen LogP contribution < -0.4 is 10.2 Å². The van der Waals surface area contributed by atoms with Crippen LogP contribution in [-0.2, 0) is 0 Å². The highest BCUT2D eigenvalue weighted by molar-refractivity contribution is 6.34. The maximum Gasteiger partial charge on any atom is 0.270 e. The summed E-state index contributed by atoms with van der Waals surface area (Å²) in [6, 6.07) is 9.07. The van der Waals surface area contributed by atoms with Crippen LogP contribution in [0.1, 0.15) is 46.4 Å². The number of carbonyl (C=O) groups excluding carboxylic acids is 2. The highest BCUT2D eigenvalue weighted by Gasteiger charge is 2.26. The van der Waals surface area contributed by atoms with Crippen LogP contribution in [0.25, 0.3) is 0 Å². The molecule has 31 heavy (non-hydrogen) atoms. The summed E-state index contributed by atoms with van der Waals surface area (Å²) in [5.41, 5.74) is 1.89. The average molecular weight is 443 g/mol. The van der Waals surface area contributed by atoms with Gasteiger partial charge in [0.25, 0.3) is 17.5 Å². The Balaban J connectivity index is 1.61. The van der Waals surface area contributed by atoms with Crippen molar-refractivity contribution in [2.75, 3.05) is 36.4 Å². The summed E-state index contributed by atoms with van der Waals surface area (Å²) in [4.78, 5) is 40.3. The monoisotopic (exact) mass is 442 g/mol. The van der Waals surface area contributed by atoms with E-state index >= 15 is 0 Å². The number of non-ortho nitro benzene ring substituents is 1. The third-order valence-electron chi connectivity index (χ3n) is 5.73. The second-order valence-corrected chi connectivity index (χ2v) is 8.21. The molecule has 1 N–H and O–H groups in total. The number of rotatable bonds is 5. The van der Waals surface area contributed by atoms with Gasteiger partial charge in [0.05, 0.1) is 21.1 Å². The minimum Gasteiger partial charge on any atom is -0.371 e. The van der Waals surface area contributed by atoms with Crippen LogP contribution in [-0.4, -0.2) is 47.8 Å². The van der Waals surface area contributed by atoms with Crippen LogP contribution in [0.5, 0.6) is 0 Å². The first-order valence-corrected chi connectivity index (χ1v) is 10.8. The number of benzene rings is 2. The zero-order valence-electron chi connectivity index (χ0n) is 17.0. The van der Waals surface area contributed by atoms with E-state index in [1.807, 2.05) is 11.0 Å². The first-order chi connectivity index (χ1) is 14.9. The summed E-state index contributed by atoms with van der Waals surface area (Å²) >= 11 is 6.08. The molecule has 2 heterocycles. The van der Waals surface area contributed by atoms with Crippen molar-refractivity contribution in [3.63, 3.8) is 0 Å². The highest BCUT2D eigenvalue weighted by atomic mass is 35.5. The number of hydrogen-bond donors (Lipinski definition) is 1. The third kappa shape index (κ3) is 4.49. The molecule has 0 spiro atoms. The molecule has 2 saturated heterocycles. The van der Waals surface area contributed by atoms with Gasteiger partial charge in [-0.1, -0.05) is 11.6 Å². The molecule has 0 aromatic heterocycles. The van der Waals surface area contributed by atoms with Crippen molar-refractivity contribution in [2.24, 2.45) is 0 Å². The Kier molecular flexibility index (Phi) is 6.08. The second kappa shape index (κ2) is 8.93. The number of halogens is 1. The SMILES string of the molecule is O=C(Nc1ccc(N2CCCC2)c(C(=O)N2CCCC2)c1)c1ccc([N+](=O)[O-])cc1Cl. The number of nitro groups is 1. The summed E-state index contributed by atoms with van der Waals surface area (Å²) in [5, 5.41) is 13.6. The van der Waals surface area contributed by atoms with E-state index in [-0.39, 0.29) is 22.2 Å². The molecular formula is C22H23ClN4O4. The van der Waals surface area contributed by atoms with Gasteiger partial charge in [0.2, 0.25) is 0 Å². The van der Waals surface area contributed by atoms with E-state index in [4.69, 9.17) is 11.6 Å². The Morgan fingerprint density at radius 3 is 2.26 bits per heavy atom. The molecule has 2 aliphatic heterocycles. The molecule has 0 bridgehead atoms. The fourth-order valence-corrected chi connectivity index (χ4v) is 4.37. The topological polar surface area (TPSA) is 95.8 Å². The summed E-state index contributed by atoms with van der Waals surface area (Å²) in [5.74, 6) is -0.516. The maximum absolute atomic E-state index is 13.2. The minimum absolute atomic E-state index is 0.00578. The molecule has 2 aromatic rings. The number of nitro benzene ring substituents is 1. The summed E-state index contributed by atoms with van der Waals surface area (Å²) in [6.07, 6.45) is 4.18. The van der Waals surface area contributed by atoms with E-state index in [1.165, 1.54) is 12.1 Å². The van der Waals surface area contributed by atoms with Crippen molar-refractivity contribution < 1.29 is 14.5 Å². The van der Waals surface area contributed by atoms with Gasteiger partial charge >= 0.3 is 0 Å². The van der Waals surface area contributed by atoms with Crippen LogP contribution >= 0.6 is 11.6 Å². The minimum atomic E-state index is -0.569. The molecular weight excluding hydrogens is 420 g/mol. The Morgan fingerprint density at radius 2 is 1.61 bits per heavy atom. The lowest BCUT2D eigenvalue weighted by atomic mass is 10.1. The highest BCUT2D eigenvalue weighted by Crippen LogP contribution is 2.30. The predicted octanol–water partition coefficient (Wildman–Crippen LogP) is 4.34. The zero-order chi connectivity index (χ0) is 22.0. The van der Waals surface area contributed by atoms with Gasteiger partial charge in [-0.2, -0.15) is 0 Å². The molecule has 0 unspecified atom stereocenters. The van der Waals surface area contributed by atoms with E-state index in [0.717, 1.165) is 63.6 Å². The van der Waals surface area contributed by atoms with Crippen molar-refractivity contribution in [1.82, 2.24) is 4.90 Å². The zero-order valence-corrected chi connectivity index (χ0v) is 17.7. The Bertz CT molecular complexity index is 1030. The molecule has 0 radical (unpaired) electrons. The van der Waals surface area contributed by atoms with Crippen molar-refractivity contribution in [3.8, 4) is 0 Å². The number of anilines is 2. The molecule has 0 aliphatic carbocycles. The standard InChI is InChI=1S/C22H23ClN4O4/c23-19-14-16(27(30)31)6-7-17(19)21(28)24-15-5-8-20(25-9-1-2-10-25)18(13-15)22(29)26-11-3-4-12-26/h5-8,13-14H,1-4,9-12H2,(H,24,28). The van der Waals surface area contributed by atoms with E-state index < -0.39 is 10.8 Å². The van der Waals surface area contributed by atoms with E-state index in [0.29, 0.717) is 11.3 Å². The molecule has 8 nitrogen and oxygen atoms in total. The second-order valence-electron chi connectivity index (χ2n) is 7.80. The molecule has 2 aromatic carbocycles. The maximum atomic E-state index is 13.2. The van der Waals surface area contributed by atoms with Crippen molar-refractivity contribution >= 4 is 40.5 Å². The lowest BCUT2D eigenvalue weighted by Gasteiger charge is -2.24. The van der Waals surface area contributed by atoms with Gasteiger partial charge in [0.15, 0.2) is 0 Å².